The van der Waals surface area contributed by atoms with Gasteiger partial charge >= 0.3 is 0 Å². The molecule has 19 heavy (non-hydrogen) atoms. The number of ketones is 1. The molecule has 0 spiro atoms. The van der Waals surface area contributed by atoms with Gasteiger partial charge in [0, 0.05) is 25.5 Å². The van der Waals surface area contributed by atoms with Crippen molar-refractivity contribution in [1.82, 2.24) is 0 Å². The lowest BCUT2D eigenvalue weighted by Crippen LogP contribution is -2.19. The zero-order chi connectivity index (χ0) is 14.0. The topological polar surface area (TPSA) is 32.3 Å². The van der Waals surface area contributed by atoms with Crippen LogP contribution in [0.5, 0.6) is 0 Å². The number of aryl methyl sites for hydroxylation is 1. The molecule has 0 saturated heterocycles. The highest BCUT2D eigenvalue weighted by molar-refractivity contribution is 6.44. The molecule has 1 aromatic rings. The number of rotatable bonds is 3. The largest absolute Gasteiger partial charge is 0.378 e. The third-order valence-electron chi connectivity index (χ3n) is 3.06. The summed E-state index contributed by atoms with van der Waals surface area (Å²) in [7, 11) is 4.03. The number of hydrogen-bond donors (Lipinski definition) is 1. The van der Waals surface area contributed by atoms with Crippen LogP contribution in [-0.4, -0.2) is 25.9 Å². The molecule has 1 atom stereocenters. The van der Waals surface area contributed by atoms with E-state index in [9.17, 15) is 4.79 Å². The van der Waals surface area contributed by atoms with Crippen molar-refractivity contribution in [3.05, 3.63) is 47.0 Å². The average Bonchev–Trinajstić information content (AvgIpc) is 2.36. The van der Waals surface area contributed by atoms with Gasteiger partial charge in [0.2, 0.25) is 0 Å². The SMILES string of the molecule is Cc1cc(N(C)C)ccc1NC1C=CC(=O)C(Cl)=C1. The van der Waals surface area contributed by atoms with Gasteiger partial charge in [0.15, 0.2) is 5.78 Å². The number of nitrogens with zero attached hydrogens (tertiary/aromatic N) is 1. The number of anilines is 2. The number of carbonyl (C=O) groups excluding carboxylic acids is 1. The normalized spacial score (nSPS) is 18.2. The summed E-state index contributed by atoms with van der Waals surface area (Å²) in [5.74, 6) is -0.139. The second kappa shape index (κ2) is 5.49. The molecule has 1 N–H and O–H groups in total. The monoisotopic (exact) mass is 276 g/mol. The molecule has 1 aliphatic rings. The van der Waals surface area contributed by atoms with Crippen LogP contribution in [0.1, 0.15) is 5.56 Å². The Bertz CT molecular complexity index is 561. The van der Waals surface area contributed by atoms with E-state index in [2.05, 4.69) is 29.3 Å². The zero-order valence-electron chi connectivity index (χ0n) is 11.3. The fourth-order valence-corrected chi connectivity index (χ4v) is 2.12. The molecular weight excluding hydrogens is 260 g/mol. The highest BCUT2D eigenvalue weighted by Crippen LogP contribution is 2.23. The maximum Gasteiger partial charge on any atom is 0.196 e. The van der Waals surface area contributed by atoms with E-state index < -0.39 is 0 Å². The first-order valence-corrected chi connectivity index (χ1v) is 6.49. The molecule has 0 aliphatic heterocycles. The van der Waals surface area contributed by atoms with Crippen LogP contribution in [0.3, 0.4) is 0 Å². The Morgan fingerprint density at radius 3 is 2.63 bits per heavy atom. The van der Waals surface area contributed by atoms with Gasteiger partial charge in [0.05, 0.1) is 11.1 Å². The predicted molar refractivity (Wildman–Crippen MR) is 81.0 cm³/mol. The quantitative estimate of drug-likeness (QED) is 0.921. The van der Waals surface area contributed by atoms with Crippen molar-refractivity contribution in [3.8, 4) is 0 Å². The maximum atomic E-state index is 11.3. The zero-order valence-corrected chi connectivity index (χ0v) is 12.0. The van der Waals surface area contributed by atoms with E-state index in [-0.39, 0.29) is 16.9 Å². The van der Waals surface area contributed by atoms with Crippen LogP contribution < -0.4 is 10.2 Å². The molecule has 100 valence electrons. The van der Waals surface area contributed by atoms with Crippen molar-refractivity contribution < 1.29 is 4.79 Å². The van der Waals surface area contributed by atoms with Crippen molar-refractivity contribution in [2.45, 2.75) is 13.0 Å². The number of halogens is 1. The number of carbonyl (C=O) groups is 1. The summed E-state index contributed by atoms with van der Waals surface area (Å²) < 4.78 is 0. The Labute approximate surface area is 118 Å². The number of allylic oxidation sites excluding steroid dienone is 2. The van der Waals surface area contributed by atoms with Gasteiger partial charge in [-0.3, -0.25) is 4.79 Å². The fourth-order valence-electron chi connectivity index (χ4n) is 1.92. The molecule has 0 saturated carbocycles. The lowest BCUT2D eigenvalue weighted by molar-refractivity contribution is -0.110. The molecule has 4 heteroatoms. The Kier molecular flexibility index (Phi) is 3.96. The van der Waals surface area contributed by atoms with Gasteiger partial charge in [0.1, 0.15) is 0 Å². The van der Waals surface area contributed by atoms with Crippen LogP contribution in [0.25, 0.3) is 0 Å². The van der Waals surface area contributed by atoms with E-state index in [1.54, 1.807) is 6.08 Å². The van der Waals surface area contributed by atoms with E-state index in [1.807, 2.05) is 26.2 Å². The van der Waals surface area contributed by atoms with Gasteiger partial charge in [-0.05, 0) is 42.8 Å². The smallest absolute Gasteiger partial charge is 0.196 e. The highest BCUT2D eigenvalue weighted by atomic mass is 35.5. The third kappa shape index (κ3) is 3.18. The van der Waals surface area contributed by atoms with Crippen molar-refractivity contribution in [3.63, 3.8) is 0 Å². The first kappa shape index (κ1) is 13.7. The van der Waals surface area contributed by atoms with Crippen LogP contribution in [0.15, 0.2) is 41.5 Å². The molecule has 2 rings (SSSR count). The molecule has 1 aromatic carbocycles. The number of hydrogen-bond acceptors (Lipinski definition) is 3. The number of benzene rings is 1. The van der Waals surface area contributed by atoms with Crippen molar-refractivity contribution in [2.24, 2.45) is 0 Å². The van der Waals surface area contributed by atoms with Crippen LogP contribution in [0.4, 0.5) is 11.4 Å². The molecule has 0 heterocycles. The van der Waals surface area contributed by atoms with Gasteiger partial charge in [-0.15, -0.1) is 0 Å². The van der Waals surface area contributed by atoms with Gasteiger partial charge in [-0.25, -0.2) is 0 Å². The fraction of sp³-hybridized carbons (Fsp3) is 0.267. The summed E-state index contributed by atoms with van der Waals surface area (Å²) in [6.45, 7) is 2.05. The summed E-state index contributed by atoms with van der Waals surface area (Å²) in [4.78, 5) is 13.3. The molecule has 1 aliphatic carbocycles. The summed E-state index contributed by atoms with van der Waals surface area (Å²) in [5, 5.41) is 3.61. The van der Waals surface area contributed by atoms with Gasteiger partial charge < -0.3 is 10.2 Å². The van der Waals surface area contributed by atoms with Crippen LogP contribution >= 0.6 is 11.6 Å². The summed E-state index contributed by atoms with van der Waals surface area (Å²) in [6.07, 6.45) is 5.04. The first-order valence-electron chi connectivity index (χ1n) is 6.12. The van der Waals surface area contributed by atoms with E-state index >= 15 is 0 Å². The first-order chi connectivity index (χ1) is 8.97. The van der Waals surface area contributed by atoms with E-state index in [0.717, 1.165) is 16.9 Å². The maximum absolute atomic E-state index is 11.3. The second-order valence-corrected chi connectivity index (χ2v) is 5.21. The second-order valence-electron chi connectivity index (χ2n) is 4.80. The van der Waals surface area contributed by atoms with Crippen molar-refractivity contribution in [2.75, 3.05) is 24.3 Å². The molecule has 3 nitrogen and oxygen atoms in total. The summed E-state index contributed by atoms with van der Waals surface area (Å²) in [6, 6.07) is 6.16. The van der Waals surface area contributed by atoms with E-state index in [0.29, 0.717) is 0 Å². The third-order valence-corrected chi connectivity index (χ3v) is 3.38. The Balaban J connectivity index is 2.16. The van der Waals surface area contributed by atoms with Crippen LogP contribution in [0.2, 0.25) is 0 Å². The van der Waals surface area contributed by atoms with Crippen molar-refractivity contribution in [1.29, 1.82) is 0 Å². The summed E-state index contributed by atoms with van der Waals surface area (Å²) in [5.41, 5.74) is 3.35. The average molecular weight is 277 g/mol. The summed E-state index contributed by atoms with van der Waals surface area (Å²) >= 11 is 5.85. The molecule has 1 unspecified atom stereocenters. The molecule has 0 bridgehead atoms. The van der Waals surface area contributed by atoms with Crippen molar-refractivity contribution >= 4 is 28.8 Å². The minimum Gasteiger partial charge on any atom is -0.378 e. The molecular formula is C15H17ClN2O. The van der Waals surface area contributed by atoms with Crippen LogP contribution in [0, 0.1) is 6.92 Å². The Morgan fingerprint density at radius 2 is 2.05 bits per heavy atom. The van der Waals surface area contributed by atoms with Gasteiger partial charge in [0.25, 0.3) is 0 Å². The molecule has 0 amide bonds. The minimum atomic E-state index is -0.139. The highest BCUT2D eigenvalue weighted by Gasteiger charge is 2.13. The van der Waals surface area contributed by atoms with Crippen LogP contribution in [-0.2, 0) is 4.79 Å². The van der Waals surface area contributed by atoms with E-state index in [4.69, 9.17) is 11.6 Å². The minimum absolute atomic E-state index is 0.0471. The molecule has 0 aromatic heterocycles. The lowest BCUT2D eigenvalue weighted by Gasteiger charge is -2.19. The lowest BCUT2D eigenvalue weighted by atomic mass is 10.1. The van der Waals surface area contributed by atoms with Gasteiger partial charge in [-0.1, -0.05) is 17.7 Å². The predicted octanol–water partition coefficient (Wildman–Crippen LogP) is 3.10. The molecule has 0 fully saturated rings. The number of nitrogens with one attached hydrogen (secondary N) is 1. The Morgan fingerprint density at radius 1 is 1.32 bits per heavy atom. The standard InChI is InChI=1S/C15H17ClN2O/c1-10-8-12(18(2)3)5-6-14(10)17-11-4-7-15(19)13(16)9-11/h4-9,11,17H,1-3H3. The molecule has 0 radical (unpaired) electrons. The Hall–Kier alpha value is -1.74. The van der Waals surface area contributed by atoms with Gasteiger partial charge in [-0.2, -0.15) is 0 Å². The van der Waals surface area contributed by atoms with E-state index in [1.165, 1.54) is 6.08 Å².